The zero-order valence-electron chi connectivity index (χ0n) is 16.2. The second-order valence-corrected chi connectivity index (χ2v) is 6.77. The highest BCUT2D eigenvalue weighted by atomic mass is 16.5. The molecule has 0 bridgehead atoms. The van der Waals surface area contributed by atoms with E-state index < -0.39 is 0 Å². The number of rotatable bonds is 6. The average Bonchev–Trinajstić information content (AvgIpc) is 2.70. The number of aromatic nitrogens is 2. The fourth-order valence-corrected chi connectivity index (χ4v) is 2.85. The predicted octanol–water partition coefficient (Wildman–Crippen LogP) is 3.68. The molecule has 0 saturated carbocycles. The van der Waals surface area contributed by atoms with Crippen molar-refractivity contribution in [2.45, 2.75) is 26.3 Å². The fourth-order valence-electron chi connectivity index (χ4n) is 2.85. The van der Waals surface area contributed by atoms with Crippen molar-refractivity contribution >= 4 is 11.6 Å². The van der Waals surface area contributed by atoms with Gasteiger partial charge in [-0.05, 0) is 35.7 Å². The molecule has 0 atom stereocenters. The van der Waals surface area contributed by atoms with Crippen LogP contribution in [0, 0.1) is 0 Å². The Hall–Kier alpha value is -3.41. The number of hydrogen-bond donors (Lipinski definition) is 1. The highest BCUT2D eigenvalue weighted by molar-refractivity contribution is 5.90. The molecule has 0 aliphatic heterocycles. The molecule has 1 aromatic heterocycles. The third kappa shape index (κ3) is 4.46. The first-order chi connectivity index (χ1) is 13.5. The summed E-state index contributed by atoms with van der Waals surface area (Å²) < 4.78 is 6.59. The van der Waals surface area contributed by atoms with E-state index in [1.165, 1.54) is 22.5 Å². The van der Waals surface area contributed by atoms with E-state index in [2.05, 4.69) is 24.1 Å². The highest BCUT2D eigenvalue weighted by Gasteiger charge is 2.10. The van der Waals surface area contributed by atoms with Crippen LogP contribution in [0.2, 0.25) is 0 Å². The molecular formula is C22H23N3O3. The molecule has 6 nitrogen and oxygen atoms in total. The van der Waals surface area contributed by atoms with Gasteiger partial charge in [0, 0.05) is 17.3 Å². The van der Waals surface area contributed by atoms with Crippen LogP contribution in [0.4, 0.5) is 5.69 Å². The highest BCUT2D eigenvalue weighted by Crippen LogP contribution is 2.26. The standard InChI is InChI=1S/C22H23N3O3/c1-15(2)16-8-10-17(11-9-16)24-21(26)13-25-14-23-19(12-22(25)27)18-6-4-5-7-20(18)28-3/h4-12,14-15H,13H2,1-3H3,(H,24,26). The number of para-hydroxylation sites is 1. The average molecular weight is 377 g/mol. The topological polar surface area (TPSA) is 73.2 Å². The molecule has 1 amide bonds. The quantitative estimate of drug-likeness (QED) is 0.711. The van der Waals surface area contributed by atoms with Crippen LogP contribution in [0.3, 0.4) is 0 Å². The minimum Gasteiger partial charge on any atom is -0.496 e. The van der Waals surface area contributed by atoms with Crippen LogP contribution in [0.1, 0.15) is 25.3 Å². The molecule has 6 heteroatoms. The van der Waals surface area contributed by atoms with E-state index in [0.717, 1.165) is 5.56 Å². The van der Waals surface area contributed by atoms with Gasteiger partial charge in [-0.15, -0.1) is 0 Å². The Morgan fingerprint density at radius 3 is 2.50 bits per heavy atom. The number of carbonyl (C=O) groups excluding carboxylic acids is 1. The summed E-state index contributed by atoms with van der Waals surface area (Å²) in [5, 5.41) is 2.80. The van der Waals surface area contributed by atoms with Crippen molar-refractivity contribution in [1.82, 2.24) is 9.55 Å². The number of nitrogens with one attached hydrogen (secondary N) is 1. The summed E-state index contributed by atoms with van der Waals surface area (Å²) in [6.45, 7) is 4.12. The van der Waals surface area contributed by atoms with Gasteiger partial charge in [-0.2, -0.15) is 0 Å². The lowest BCUT2D eigenvalue weighted by molar-refractivity contribution is -0.116. The molecule has 3 aromatic rings. The van der Waals surface area contributed by atoms with Crippen LogP contribution in [0.25, 0.3) is 11.3 Å². The van der Waals surface area contributed by atoms with Crippen LogP contribution < -0.4 is 15.6 Å². The zero-order chi connectivity index (χ0) is 20.1. The predicted molar refractivity (Wildman–Crippen MR) is 110 cm³/mol. The van der Waals surface area contributed by atoms with Crippen LogP contribution in [0.15, 0.2) is 65.7 Å². The normalized spacial score (nSPS) is 10.7. The van der Waals surface area contributed by atoms with Crippen LogP contribution in [-0.2, 0) is 11.3 Å². The van der Waals surface area contributed by atoms with Gasteiger partial charge in [0.1, 0.15) is 12.3 Å². The summed E-state index contributed by atoms with van der Waals surface area (Å²) in [6.07, 6.45) is 1.38. The molecule has 3 rings (SSSR count). The lowest BCUT2D eigenvalue weighted by Crippen LogP contribution is -2.27. The van der Waals surface area contributed by atoms with Gasteiger partial charge in [-0.3, -0.25) is 14.2 Å². The van der Waals surface area contributed by atoms with Gasteiger partial charge < -0.3 is 10.1 Å². The van der Waals surface area contributed by atoms with Crippen LogP contribution >= 0.6 is 0 Å². The van der Waals surface area contributed by atoms with E-state index in [0.29, 0.717) is 23.0 Å². The van der Waals surface area contributed by atoms with Crippen molar-refractivity contribution in [1.29, 1.82) is 0 Å². The largest absolute Gasteiger partial charge is 0.496 e. The molecule has 0 aliphatic carbocycles. The number of ether oxygens (including phenoxy) is 1. The summed E-state index contributed by atoms with van der Waals surface area (Å²) in [4.78, 5) is 29.0. The Bertz CT molecular complexity index is 1020. The first kappa shape index (κ1) is 19.4. The number of amides is 1. The maximum absolute atomic E-state index is 12.4. The molecule has 0 radical (unpaired) electrons. The Kier molecular flexibility index (Phi) is 5.89. The maximum Gasteiger partial charge on any atom is 0.254 e. The molecular weight excluding hydrogens is 354 g/mol. The summed E-state index contributed by atoms with van der Waals surface area (Å²) in [6, 6.07) is 16.4. The molecule has 0 unspecified atom stereocenters. The van der Waals surface area contributed by atoms with E-state index in [4.69, 9.17) is 4.74 Å². The molecule has 28 heavy (non-hydrogen) atoms. The van der Waals surface area contributed by atoms with Crippen molar-refractivity contribution < 1.29 is 9.53 Å². The number of benzene rings is 2. The maximum atomic E-state index is 12.4. The van der Waals surface area contributed by atoms with Crippen molar-refractivity contribution in [3.8, 4) is 17.0 Å². The number of methoxy groups -OCH3 is 1. The van der Waals surface area contributed by atoms with Gasteiger partial charge in [-0.1, -0.05) is 38.1 Å². The van der Waals surface area contributed by atoms with Gasteiger partial charge in [-0.25, -0.2) is 4.98 Å². The Balaban J connectivity index is 1.72. The Labute approximate surface area is 163 Å². The van der Waals surface area contributed by atoms with E-state index in [1.807, 2.05) is 42.5 Å². The number of carbonyl (C=O) groups is 1. The molecule has 1 N–H and O–H groups in total. The lowest BCUT2D eigenvalue weighted by Gasteiger charge is -2.10. The lowest BCUT2D eigenvalue weighted by atomic mass is 10.0. The van der Waals surface area contributed by atoms with Gasteiger partial charge in [0.25, 0.3) is 5.56 Å². The Morgan fingerprint density at radius 1 is 1.14 bits per heavy atom. The van der Waals surface area contributed by atoms with E-state index in [-0.39, 0.29) is 18.0 Å². The van der Waals surface area contributed by atoms with E-state index in [1.54, 1.807) is 13.2 Å². The van der Waals surface area contributed by atoms with Crippen LogP contribution in [-0.4, -0.2) is 22.6 Å². The van der Waals surface area contributed by atoms with Crippen molar-refractivity contribution in [2.75, 3.05) is 12.4 Å². The monoisotopic (exact) mass is 377 g/mol. The summed E-state index contributed by atoms with van der Waals surface area (Å²) >= 11 is 0. The first-order valence-electron chi connectivity index (χ1n) is 9.07. The second-order valence-electron chi connectivity index (χ2n) is 6.77. The van der Waals surface area contributed by atoms with E-state index in [9.17, 15) is 9.59 Å². The van der Waals surface area contributed by atoms with Gasteiger partial charge in [0.05, 0.1) is 19.1 Å². The van der Waals surface area contributed by atoms with Crippen molar-refractivity contribution in [3.05, 3.63) is 76.8 Å². The van der Waals surface area contributed by atoms with E-state index >= 15 is 0 Å². The van der Waals surface area contributed by atoms with Gasteiger partial charge >= 0.3 is 0 Å². The molecule has 0 saturated heterocycles. The van der Waals surface area contributed by atoms with Crippen molar-refractivity contribution in [2.24, 2.45) is 0 Å². The molecule has 0 spiro atoms. The first-order valence-corrected chi connectivity index (χ1v) is 9.07. The minimum atomic E-state index is -0.304. The summed E-state index contributed by atoms with van der Waals surface area (Å²) in [5.41, 5.74) is 2.82. The smallest absolute Gasteiger partial charge is 0.254 e. The van der Waals surface area contributed by atoms with Gasteiger partial charge in [0.15, 0.2) is 0 Å². The Morgan fingerprint density at radius 2 is 1.86 bits per heavy atom. The minimum absolute atomic E-state index is 0.107. The van der Waals surface area contributed by atoms with Gasteiger partial charge in [0.2, 0.25) is 5.91 Å². The number of anilines is 1. The molecule has 0 aliphatic rings. The number of hydrogen-bond acceptors (Lipinski definition) is 4. The zero-order valence-corrected chi connectivity index (χ0v) is 16.2. The molecule has 1 heterocycles. The third-order valence-electron chi connectivity index (χ3n) is 4.44. The van der Waals surface area contributed by atoms with Crippen LogP contribution in [0.5, 0.6) is 5.75 Å². The molecule has 144 valence electrons. The third-order valence-corrected chi connectivity index (χ3v) is 4.44. The number of nitrogens with zero attached hydrogens (tertiary/aromatic N) is 2. The van der Waals surface area contributed by atoms with Crippen molar-refractivity contribution in [3.63, 3.8) is 0 Å². The second kappa shape index (κ2) is 8.52. The summed E-state index contributed by atoms with van der Waals surface area (Å²) in [5.74, 6) is 0.775. The molecule has 2 aromatic carbocycles. The summed E-state index contributed by atoms with van der Waals surface area (Å²) in [7, 11) is 1.57. The molecule has 0 fully saturated rings. The SMILES string of the molecule is COc1ccccc1-c1cc(=O)n(CC(=O)Nc2ccc(C(C)C)cc2)cn1. The fraction of sp³-hybridized carbons (Fsp3) is 0.227.